The topological polar surface area (TPSA) is 64.4 Å². The van der Waals surface area contributed by atoms with Crippen LogP contribution in [0.1, 0.15) is 41.6 Å². The van der Waals surface area contributed by atoms with Gasteiger partial charge in [-0.05, 0) is 26.3 Å². The van der Waals surface area contributed by atoms with Crippen molar-refractivity contribution in [1.29, 1.82) is 0 Å². The minimum Gasteiger partial charge on any atom is -0.467 e. The van der Waals surface area contributed by atoms with Crippen LogP contribution in [0.4, 0.5) is 0 Å². The summed E-state index contributed by atoms with van der Waals surface area (Å²) in [6.45, 7) is 6.80. The summed E-state index contributed by atoms with van der Waals surface area (Å²) in [4.78, 5) is 31.2. The molecule has 1 amide bonds. The van der Waals surface area contributed by atoms with Crippen LogP contribution >= 0.6 is 0 Å². The number of benzene rings is 1. The summed E-state index contributed by atoms with van der Waals surface area (Å²) in [7, 11) is 1.34. The highest BCUT2D eigenvalue weighted by molar-refractivity contribution is 5.94. The molecule has 6 heteroatoms. The van der Waals surface area contributed by atoms with E-state index in [1.54, 1.807) is 16.4 Å². The van der Waals surface area contributed by atoms with Gasteiger partial charge in [0.05, 0.1) is 19.1 Å². The molecule has 24 heavy (non-hydrogen) atoms. The SMILES string of the molecule is CCN(CC)C(=O)c1c(C)ncn1C(C(=O)OC)c1ccccc1. The van der Waals surface area contributed by atoms with Crippen LogP contribution < -0.4 is 0 Å². The van der Waals surface area contributed by atoms with Gasteiger partial charge in [-0.1, -0.05) is 30.3 Å². The molecule has 0 aliphatic carbocycles. The van der Waals surface area contributed by atoms with E-state index in [4.69, 9.17) is 4.74 Å². The van der Waals surface area contributed by atoms with E-state index < -0.39 is 12.0 Å². The van der Waals surface area contributed by atoms with Crippen molar-refractivity contribution in [1.82, 2.24) is 14.5 Å². The van der Waals surface area contributed by atoms with Gasteiger partial charge in [-0.2, -0.15) is 0 Å². The Hall–Kier alpha value is -2.63. The Morgan fingerprint density at radius 1 is 1.21 bits per heavy atom. The number of aryl methyl sites for hydroxylation is 1. The molecule has 1 aromatic carbocycles. The van der Waals surface area contributed by atoms with Crippen molar-refractivity contribution < 1.29 is 14.3 Å². The third kappa shape index (κ3) is 3.32. The Morgan fingerprint density at radius 2 is 1.83 bits per heavy atom. The zero-order valence-electron chi connectivity index (χ0n) is 14.5. The molecular weight excluding hydrogens is 306 g/mol. The Morgan fingerprint density at radius 3 is 2.38 bits per heavy atom. The number of nitrogens with zero attached hydrogens (tertiary/aromatic N) is 3. The van der Waals surface area contributed by atoms with Crippen LogP contribution in [0.25, 0.3) is 0 Å². The standard InChI is InChI=1S/C18H23N3O3/c1-5-20(6-2)17(22)15-13(3)19-12-21(15)16(18(23)24-4)14-10-8-7-9-11-14/h7-12,16H,5-6H2,1-4H3. The second-order valence-corrected chi connectivity index (χ2v) is 5.40. The second-order valence-electron chi connectivity index (χ2n) is 5.40. The highest BCUT2D eigenvalue weighted by Gasteiger charge is 2.30. The monoisotopic (exact) mass is 329 g/mol. The van der Waals surface area contributed by atoms with Gasteiger partial charge < -0.3 is 14.2 Å². The molecule has 0 aliphatic heterocycles. The predicted molar refractivity (Wildman–Crippen MR) is 90.8 cm³/mol. The first-order valence-corrected chi connectivity index (χ1v) is 8.00. The fraction of sp³-hybridized carbons (Fsp3) is 0.389. The van der Waals surface area contributed by atoms with Crippen LogP contribution in [0.5, 0.6) is 0 Å². The maximum absolute atomic E-state index is 12.9. The van der Waals surface area contributed by atoms with Crippen LogP contribution in [0.3, 0.4) is 0 Å². The number of ether oxygens (including phenoxy) is 1. The van der Waals surface area contributed by atoms with Crippen LogP contribution in [-0.4, -0.2) is 46.5 Å². The molecule has 0 N–H and O–H groups in total. The van der Waals surface area contributed by atoms with Gasteiger partial charge in [-0.15, -0.1) is 0 Å². The van der Waals surface area contributed by atoms with Crippen LogP contribution in [0.15, 0.2) is 36.7 Å². The molecule has 1 aromatic heterocycles. The molecule has 2 rings (SSSR count). The minimum absolute atomic E-state index is 0.139. The number of aromatic nitrogens is 2. The van der Waals surface area contributed by atoms with E-state index in [0.717, 1.165) is 5.56 Å². The minimum atomic E-state index is -0.744. The number of amides is 1. The molecule has 2 aromatic rings. The van der Waals surface area contributed by atoms with Gasteiger partial charge in [0.25, 0.3) is 5.91 Å². The number of carbonyl (C=O) groups is 2. The summed E-state index contributed by atoms with van der Waals surface area (Å²) in [6, 6.07) is 8.50. The summed E-state index contributed by atoms with van der Waals surface area (Å²) in [5.41, 5.74) is 1.75. The van der Waals surface area contributed by atoms with Gasteiger partial charge in [0.15, 0.2) is 6.04 Å². The molecule has 1 heterocycles. The molecular formula is C18H23N3O3. The van der Waals surface area contributed by atoms with E-state index in [1.807, 2.05) is 44.2 Å². The van der Waals surface area contributed by atoms with E-state index in [1.165, 1.54) is 13.4 Å². The highest BCUT2D eigenvalue weighted by Crippen LogP contribution is 2.24. The Balaban J connectivity index is 2.57. The maximum Gasteiger partial charge on any atom is 0.333 e. The number of imidazole rings is 1. The average Bonchev–Trinajstić information content (AvgIpc) is 2.98. The van der Waals surface area contributed by atoms with Crippen LogP contribution in [0, 0.1) is 6.92 Å². The van der Waals surface area contributed by atoms with Crippen molar-refractivity contribution in [3.05, 3.63) is 53.6 Å². The van der Waals surface area contributed by atoms with Gasteiger partial charge >= 0.3 is 5.97 Å². The Bertz CT molecular complexity index is 706. The fourth-order valence-electron chi connectivity index (χ4n) is 2.73. The number of methoxy groups -OCH3 is 1. The third-order valence-electron chi connectivity index (χ3n) is 4.05. The largest absolute Gasteiger partial charge is 0.467 e. The van der Waals surface area contributed by atoms with Gasteiger partial charge in [0.1, 0.15) is 5.69 Å². The molecule has 1 atom stereocenters. The average molecular weight is 329 g/mol. The van der Waals surface area contributed by atoms with Gasteiger partial charge in [-0.3, -0.25) is 4.79 Å². The second kappa shape index (κ2) is 7.77. The predicted octanol–water partition coefficient (Wildman–Crippen LogP) is 2.44. The molecule has 0 saturated heterocycles. The van der Waals surface area contributed by atoms with Crippen molar-refractivity contribution in [2.45, 2.75) is 26.8 Å². The van der Waals surface area contributed by atoms with Crippen LogP contribution in [-0.2, 0) is 9.53 Å². The highest BCUT2D eigenvalue weighted by atomic mass is 16.5. The summed E-state index contributed by atoms with van der Waals surface area (Å²) in [6.07, 6.45) is 1.53. The number of esters is 1. The van der Waals surface area contributed by atoms with Gasteiger partial charge in [0.2, 0.25) is 0 Å². The van der Waals surface area contributed by atoms with Crippen molar-refractivity contribution in [3.8, 4) is 0 Å². The molecule has 6 nitrogen and oxygen atoms in total. The van der Waals surface area contributed by atoms with E-state index in [9.17, 15) is 9.59 Å². The first-order chi connectivity index (χ1) is 11.5. The van der Waals surface area contributed by atoms with Crippen LogP contribution in [0.2, 0.25) is 0 Å². The zero-order valence-corrected chi connectivity index (χ0v) is 14.5. The van der Waals surface area contributed by atoms with Gasteiger partial charge in [0, 0.05) is 13.1 Å². The first-order valence-electron chi connectivity index (χ1n) is 8.00. The molecule has 0 saturated carbocycles. The molecule has 128 valence electrons. The molecule has 0 spiro atoms. The van der Waals surface area contributed by atoms with E-state index in [2.05, 4.69) is 4.98 Å². The number of rotatable bonds is 6. The summed E-state index contributed by atoms with van der Waals surface area (Å²) < 4.78 is 6.57. The lowest BCUT2D eigenvalue weighted by Crippen LogP contribution is -2.34. The number of hydrogen-bond acceptors (Lipinski definition) is 4. The summed E-state index contributed by atoms with van der Waals surface area (Å²) in [5.74, 6) is -0.577. The third-order valence-corrected chi connectivity index (χ3v) is 4.05. The molecule has 0 radical (unpaired) electrons. The fourth-order valence-corrected chi connectivity index (χ4v) is 2.73. The smallest absolute Gasteiger partial charge is 0.333 e. The molecule has 1 unspecified atom stereocenters. The van der Waals surface area contributed by atoms with Gasteiger partial charge in [-0.25, -0.2) is 9.78 Å². The maximum atomic E-state index is 12.9. The molecule has 0 bridgehead atoms. The van der Waals surface area contributed by atoms with E-state index >= 15 is 0 Å². The molecule has 0 aliphatic rings. The van der Waals surface area contributed by atoms with Crippen molar-refractivity contribution >= 4 is 11.9 Å². The van der Waals surface area contributed by atoms with E-state index in [-0.39, 0.29) is 5.91 Å². The lowest BCUT2D eigenvalue weighted by molar-refractivity contribution is -0.143. The van der Waals surface area contributed by atoms with Crippen molar-refractivity contribution in [3.63, 3.8) is 0 Å². The lowest BCUT2D eigenvalue weighted by Gasteiger charge is -2.23. The summed E-state index contributed by atoms with van der Waals surface area (Å²) >= 11 is 0. The quantitative estimate of drug-likeness (QED) is 0.764. The van der Waals surface area contributed by atoms with Crippen molar-refractivity contribution in [2.75, 3.05) is 20.2 Å². The Kier molecular flexibility index (Phi) is 5.73. The first kappa shape index (κ1) is 17.7. The zero-order chi connectivity index (χ0) is 17.7. The number of carbonyl (C=O) groups excluding carboxylic acids is 2. The number of hydrogen-bond donors (Lipinski definition) is 0. The van der Waals surface area contributed by atoms with Crippen molar-refractivity contribution in [2.24, 2.45) is 0 Å². The molecule has 0 fully saturated rings. The lowest BCUT2D eigenvalue weighted by atomic mass is 10.1. The summed E-state index contributed by atoms with van der Waals surface area (Å²) in [5, 5.41) is 0. The normalized spacial score (nSPS) is 11.8. The Labute approximate surface area is 142 Å². The van der Waals surface area contributed by atoms with E-state index in [0.29, 0.717) is 24.5 Å².